The number of nitrogens with two attached hydrogens (primary N) is 1. The van der Waals surface area contributed by atoms with Gasteiger partial charge in [0.25, 0.3) is 5.56 Å². The third-order valence-corrected chi connectivity index (χ3v) is 8.22. The van der Waals surface area contributed by atoms with E-state index in [1.165, 1.54) is 23.8 Å². The van der Waals surface area contributed by atoms with Crippen LogP contribution in [0.4, 0.5) is 19.4 Å². The molecule has 1 aliphatic carbocycles. The monoisotopic (exact) mass is 637 g/mol. The molecule has 1 saturated carbocycles. The van der Waals surface area contributed by atoms with E-state index in [0.717, 1.165) is 42.0 Å². The number of aromatic nitrogens is 1. The lowest BCUT2D eigenvalue weighted by molar-refractivity contribution is -0.144. The Balaban J connectivity index is 1.62. The second-order valence-corrected chi connectivity index (χ2v) is 13.1. The first-order valence-electron chi connectivity index (χ1n) is 15.5. The highest BCUT2D eigenvalue weighted by Gasteiger charge is 2.35. The van der Waals surface area contributed by atoms with Crippen LogP contribution in [0.25, 0.3) is 5.69 Å². The van der Waals surface area contributed by atoms with Crippen molar-refractivity contribution < 1.29 is 33.0 Å². The Morgan fingerprint density at radius 1 is 1.02 bits per heavy atom. The number of pyridine rings is 1. The van der Waals surface area contributed by atoms with Crippen molar-refractivity contribution in [3.8, 4) is 5.69 Å². The third-order valence-electron chi connectivity index (χ3n) is 8.22. The Labute approximate surface area is 267 Å². The standard InChI is InChI=1S/C35H41F2N3O6/c1-21(17-22-7-5-6-8-22)18-29(33(43)44)39(34(45)46-35(2,3)4)20-23-9-12-25(13-10-23)40-30(41)16-15-27(32(40)38)31(42)26-14-11-24(36)19-28(26)37/h9-16,19,21-22,29H,5-8,17-18,20,38H2,1-4H3,(H,43,44). The number of carboxylic acid groups (broad SMARTS) is 1. The number of ether oxygens (including phenoxy) is 1. The molecule has 46 heavy (non-hydrogen) atoms. The molecule has 1 aliphatic rings. The average molecular weight is 638 g/mol. The molecule has 3 N–H and O–H groups in total. The maximum atomic E-state index is 14.3. The van der Waals surface area contributed by atoms with Gasteiger partial charge < -0.3 is 15.6 Å². The number of nitrogens with zero attached hydrogens (tertiary/aromatic N) is 2. The predicted octanol–water partition coefficient (Wildman–Crippen LogP) is 6.73. The van der Waals surface area contributed by atoms with Crippen LogP contribution in [0.2, 0.25) is 0 Å². The van der Waals surface area contributed by atoms with E-state index in [9.17, 15) is 33.1 Å². The van der Waals surface area contributed by atoms with Crippen LogP contribution < -0.4 is 11.3 Å². The van der Waals surface area contributed by atoms with Crippen LogP contribution >= 0.6 is 0 Å². The summed E-state index contributed by atoms with van der Waals surface area (Å²) in [4.78, 5) is 53.1. The molecular formula is C35H41F2N3O6. The molecule has 2 unspecified atom stereocenters. The van der Waals surface area contributed by atoms with Crippen molar-refractivity contribution >= 4 is 23.7 Å². The van der Waals surface area contributed by atoms with Crippen LogP contribution in [0.1, 0.15) is 87.7 Å². The maximum absolute atomic E-state index is 14.3. The first-order chi connectivity index (χ1) is 21.6. The highest BCUT2D eigenvalue weighted by Crippen LogP contribution is 2.32. The highest BCUT2D eigenvalue weighted by molar-refractivity contribution is 6.11. The molecule has 0 saturated heterocycles. The Morgan fingerprint density at radius 2 is 1.65 bits per heavy atom. The number of carboxylic acids is 1. The molecule has 9 nitrogen and oxygen atoms in total. The van der Waals surface area contributed by atoms with Crippen molar-refractivity contribution in [3.05, 3.63) is 93.3 Å². The van der Waals surface area contributed by atoms with Gasteiger partial charge in [0.05, 0.1) is 16.8 Å². The molecule has 0 aliphatic heterocycles. The first kappa shape index (κ1) is 34.3. The lowest BCUT2D eigenvalue weighted by Crippen LogP contribution is -2.47. The molecule has 11 heteroatoms. The number of carbonyl (C=O) groups excluding carboxylic acids is 2. The van der Waals surface area contributed by atoms with Crippen LogP contribution in [0.3, 0.4) is 0 Å². The molecule has 246 valence electrons. The molecule has 1 aromatic heterocycles. The van der Waals surface area contributed by atoms with E-state index in [0.29, 0.717) is 17.5 Å². The summed E-state index contributed by atoms with van der Waals surface area (Å²) in [6, 6.07) is 10.1. The molecule has 2 aromatic carbocycles. The largest absolute Gasteiger partial charge is 0.480 e. The molecule has 2 atom stereocenters. The van der Waals surface area contributed by atoms with Gasteiger partial charge in [0, 0.05) is 18.7 Å². The van der Waals surface area contributed by atoms with E-state index in [2.05, 4.69) is 0 Å². The van der Waals surface area contributed by atoms with Crippen molar-refractivity contribution in [2.45, 2.75) is 84.4 Å². The van der Waals surface area contributed by atoms with Crippen molar-refractivity contribution in [1.82, 2.24) is 9.47 Å². The summed E-state index contributed by atoms with van der Waals surface area (Å²) in [6.45, 7) is 7.07. The van der Waals surface area contributed by atoms with Crippen LogP contribution in [0.15, 0.2) is 59.4 Å². The van der Waals surface area contributed by atoms with E-state index in [1.54, 1.807) is 45.0 Å². The molecule has 1 amide bonds. The number of halogens is 2. The molecule has 4 rings (SSSR count). The summed E-state index contributed by atoms with van der Waals surface area (Å²) < 4.78 is 34.4. The van der Waals surface area contributed by atoms with Gasteiger partial charge in [-0.15, -0.1) is 0 Å². The van der Waals surface area contributed by atoms with Crippen LogP contribution in [-0.2, 0) is 16.1 Å². The zero-order valence-corrected chi connectivity index (χ0v) is 26.6. The van der Waals surface area contributed by atoms with E-state index in [4.69, 9.17) is 10.5 Å². The Bertz CT molecular complexity index is 1640. The fraction of sp³-hybridized carbons (Fsp3) is 0.429. The number of carbonyl (C=O) groups is 3. The smallest absolute Gasteiger partial charge is 0.411 e. The highest BCUT2D eigenvalue weighted by atomic mass is 19.1. The fourth-order valence-corrected chi connectivity index (χ4v) is 6.05. The van der Waals surface area contributed by atoms with E-state index < -0.39 is 52.2 Å². The van der Waals surface area contributed by atoms with Crippen LogP contribution in [-0.4, -0.2) is 44.1 Å². The normalized spacial score (nSPS) is 14.9. The second kappa shape index (κ2) is 14.3. The van der Waals surface area contributed by atoms with Crippen LogP contribution in [0, 0.1) is 23.5 Å². The predicted molar refractivity (Wildman–Crippen MR) is 170 cm³/mol. The average Bonchev–Trinajstić information content (AvgIpc) is 3.47. The minimum atomic E-state index is -1.13. The Kier molecular flexibility index (Phi) is 10.6. The van der Waals surface area contributed by atoms with Gasteiger partial charge in [-0.25, -0.2) is 18.4 Å². The Hall–Kier alpha value is -4.54. The number of ketones is 1. The quantitative estimate of drug-likeness (QED) is 0.223. The number of rotatable bonds is 11. The number of amides is 1. The summed E-state index contributed by atoms with van der Waals surface area (Å²) in [5, 5.41) is 10.2. The summed E-state index contributed by atoms with van der Waals surface area (Å²) >= 11 is 0. The molecule has 3 aromatic rings. The minimum absolute atomic E-state index is 0.0738. The maximum Gasteiger partial charge on any atom is 0.411 e. The van der Waals surface area contributed by atoms with Gasteiger partial charge in [-0.3, -0.25) is 19.1 Å². The van der Waals surface area contributed by atoms with Gasteiger partial charge in [-0.05, 0) is 81.3 Å². The number of nitrogen functional groups attached to an aromatic ring is 1. The summed E-state index contributed by atoms with van der Waals surface area (Å²) in [5.41, 5.74) is 5.13. The zero-order chi connectivity index (χ0) is 33.8. The SMILES string of the molecule is CC(CC1CCCC1)CC(C(=O)O)N(Cc1ccc(-n2c(N)c(C(=O)c3ccc(F)cc3F)ccc2=O)cc1)C(=O)OC(C)(C)C. The molecule has 0 radical (unpaired) electrons. The van der Waals surface area contributed by atoms with Gasteiger partial charge in [-0.2, -0.15) is 0 Å². The summed E-state index contributed by atoms with van der Waals surface area (Å²) in [6.07, 6.45) is 5.06. The lowest BCUT2D eigenvalue weighted by Gasteiger charge is -2.33. The number of benzene rings is 2. The van der Waals surface area contributed by atoms with Gasteiger partial charge in [0.1, 0.15) is 29.1 Å². The van der Waals surface area contributed by atoms with E-state index in [-0.39, 0.29) is 36.0 Å². The van der Waals surface area contributed by atoms with E-state index in [1.807, 2.05) is 6.92 Å². The van der Waals surface area contributed by atoms with Crippen molar-refractivity contribution in [2.75, 3.05) is 5.73 Å². The molecule has 1 fully saturated rings. The second-order valence-electron chi connectivity index (χ2n) is 13.1. The van der Waals surface area contributed by atoms with Crippen molar-refractivity contribution in [1.29, 1.82) is 0 Å². The van der Waals surface area contributed by atoms with Gasteiger partial charge in [0.15, 0.2) is 5.78 Å². The first-order valence-corrected chi connectivity index (χ1v) is 15.5. The topological polar surface area (TPSA) is 132 Å². The number of anilines is 1. The van der Waals surface area contributed by atoms with Gasteiger partial charge in [-0.1, -0.05) is 44.7 Å². The fourth-order valence-electron chi connectivity index (χ4n) is 6.05. The lowest BCUT2D eigenvalue weighted by atomic mass is 9.89. The van der Waals surface area contributed by atoms with Gasteiger partial charge >= 0.3 is 12.1 Å². The van der Waals surface area contributed by atoms with Gasteiger partial charge in [0.2, 0.25) is 0 Å². The molecule has 0 bridgehead atoms. The third kappa shape index (κ3) is 8.38. The van der Waals surface area contributed by atoms with Crippen LogP contribution in [0.5, 0.6) is 0 Å². The molecule has 0 spiro atoms. The molecule has 1 heterocycles. The number of hydrogen-bond acceptors (Lipinski definition) is 6. The Morgan fingerprint density at radius 3 is 2.24 bits per heavy atom. The summed E-state index contributed by atoms with van der Waals surface area (Å²) in [5.74, 6) is -3.46. The zero-order valence-electron chi connectivity index (χ0n) is 26.6. The molecular weight excluding hydrogens is 596 g/mol. The van der Waals surface area contributed by atoms with Crippen molar-refractivity contribution in [2.24, 2.45) is 11.8 Å². The van der Waals surface area contributed by atoms with E-state index >= 15 is 0 Å². The summed E-state index contributed by atoms with van der Waals surface area (Å²) in [7, 11) is 0. The number of aliphatic carboxylic acids is 1. The minimum Gasteiger partial charge on any atom is -0.480 e. The number of hydrogen-bond donors (Lipinski definition) is 2. The van der Waals surface area contributed by atoms with Crippen molar-refractivity contribution in [3.63, 3.8) is 0 Å².